The lowest BCUT2D eigenvalue weighted by Gasteiger charge is -2.20. The van der Waals surface area contributed by atoms with Gasteiger partial charge in [0.05, 0.1) is 0 Å². The van der Waals surface area contributed by atoms with Gasteiger partial charge in [0.2, 0.25) is 0 Å². The van der Waals surface area contributed by atoms with Crippen molar-refractivity contribution in [2.45, 2.75) is 19.0 Å². The lowest BCUT2D eigenvalue weighted by Crippen LogP contribution is -2.31. The molecule has 0 bridgehead atoms. The summed E-state index contributed by atoms with van der Waals surface area (Å²) in [5.41, 5.74) is 0.835. The summed E-state index contributed by atoms with van der Waals surface area (Å²) in [4.78, 5) is 4.52. The van der Waals surface area contributed by atoms with Crippen molar-refractivity contribution in [2.75, 3.05) is 27.2 Å². The highest BCUT2D eigenvalue weighted by atomic mass is 19.1. The first kappa shape index (κ1) is 12.3. The Kier molecular flexibility index (Phi) is 3.64. The van der Waals surface area contributed by atoms with Gasteiger partial charge in [0.25, 0.3) is 0 Å². The molecule has 1 unspecified atom stereocenters. The molecular formula is C13H19FN2O. The second-order valence-electron chi connectivity index (χ2n) is 4.96. The smallest absolute Gasteiger partial charge is 0.127 e. The van der Waals surface area contributed by atoms with Gasteiger partial charge in [-0.2, -0.15) is 0 Å². The van der Waals surface area contributed by atoms with Crippen LogP contribution in [0.15, 0.2) is 18.2 Å². The highest BCUT2D eigenvalue weighted by Gasteiger charge is 2.23. The van der Waals surface area contributed by atoms with E-state index in [1.165, 1.54) is 6.07 Å². The van der Waals surface area contributed by atoms with Gasteiger partial charge >= 0.3 is 0 Å². The summed E-state index contributed by atoms with van der Waals surface area (Å²) in [5.74, 6) is -0.369. The van der Waals surface area contributed by atoms with Crippen molar-refractivity contribution < 1.29 is 9.50 Å². The minimum atomic E-state index is -0.372. The van der Waals surface area contributed by atoms with E-state index in [4.69, 9.17) is 0 Å². The van der Waals surface area contributed by atoms with Crippen molar-refractivity contribution >= 4 is 0 Å². The molecular weight excluding hydrogens is 219 g/mol. The van der Waals surface area contributed by atoms with Gasteiger partial charge < -0.3 is 10.0 Å². The Labute approximate surface area is 101 Å². The fourth-order valence-electron chi connectivity index (χ4n) is 2.36. The summed E-state index contributed by atoms with van der Waals surface area (Å²) in [6.07, 6.45) is 1.15. The fraction of sp³-hybridized carbons (Fsp3) is 0.538. The number of aromatic hydroxyl groups is 1. The van der Waals surface area contributed by atoms with E-state index in [-0.39, 0.29) is 11.6 Å². The first-order chi connectivity index (χ1) is 8.04. The molecule has 1 aliphatic rings. The molecule has 2 rings (SSSR count). The predicted octanol–water partition coefficient (Wildman–Crippen LogP) is 1.67. The van der Waals surface area contributed by atoms with Crippen LogP contribution in [-0.4, -0.2) is 48.1 Å². The number of likely N-dealkylation sites (N-methyl/N-ethyl adjacent to an activating group) is 1. The van der Waals surface area contributed by atoms with Crippen LogP contribution in [0.1, 0.15) is 12.0 Å². The van der Waals surface area contributed by atoms with Crippen LogP contribution in [0.4, 0.5) is 4.39 Å². The minimum absolute atomic E-state index is 0.00311. The Morgan fingerprint density at radius 3 is 2.76 bits per heavy atom. The highest BCUT2D eigenvalue weighted by Crippen LogP contribution is 2.19. The van der Waals surface area contributed by atoms with Crippen molar-refractivity contribution in [3.8, 4) is 5.75 Å². The first-order valence-corrected chi connectivity index (χ1v) is 5.92. The maximum atomic E-state index is 13.1. The third-order valence-electron chi connectivity index (χ3n) is 3.33. The standard InChI is InChI=1S/C13H19FN2O/c1-15(2)12-3-4-16(9-12)8-10-5-11(14)7-13(17)6-10/h5-7,12,17H,3-4,8-9H2,1-2H3. The van der Waals surface area contributed by atoms with Crippen LogP contribution in [0.2, 0.25) is 0 Å². The molecule has 94 valence electrons. The van der Waals surface area contributed by atoms with Crippen LogP contribution < -0.4 is 0 Å². The number of rotatable bonds is 3. The van der Waals surface area contributed by atoms with Crippen LogP contribution in [0.25, 0.3) is 0 Å². The second-order valence-corrected chi connectivity index (χ2v) is 4.96. The summed E-state index contributed by atoms with van der Waals surface area (Å²) >= 11 is 0. The van der Waals surface area contributed by atoms with Crippen LogP contribution in [0.5, 0.6) is 5.75 Å². The molecule has 4 heteroatoms. The van der Waals surface area contributed by atoms with Crippen LogP contribution in [0, 0.1) is 5.82 Å². The molecule has 1 aromatic carbocycles. The molecule has 0 spiro atoms. The minimum Gasteiger partial charge on any atom is -0.508 e. The maximum Gasteiger partial charge on any atom is 0.127 e. The third kappa shape index (κ3) is 3.17. The lowest BCUT2D eigenvalue weighted by atomic mass is 10.2. The van der Waals surface area contributed by atoms with E-state index in [0.29, 0.717) is 12.6 Å². The van der Waals surface area contributed by atoms with Crippen molar-refractivity contribution in [3.63, 3.8) is 0 Å². The molecule has 3 nitrogen and oxygen atoms in total. The highest BCUT2D eigenvalue weighted by molar-refractivity contribution is 5.28. The Balaban J connectivity index is 1.98. The molecule has 0 aromatic heterocycles. The van der Waals surface area contributed by atoms with Gasteiger partial charge in [-0.25, -0.2) is 4.39 Å². The second kappa shape index (κ2) is 5.02. The normalized spacial score (nSPS) is 21.3. The zero-order chi connectivity index (χ0) is 12.4. The molecule has 1 saturated heterocycles. The Bertz CT molecular complexity index is 375. The number of hydrogen-bond acceptors (Lipinski definition) is 3. The van der Waals surface area contributed by atoms with Crippen LogP contribution in [-0.2, 0) is 6.54 Å². The van der Waals surface area contributed by atoms with E-state index in [0.717, 1.165) is 31.1 Å². The van der Waals surface area contributed by atoms with E-state index < -0.39 is 0 Å². The zero-order valence-corrected chi connectivity index (χ0v) is 10.4. The molecule has 1 N–H and O–H groups in total. The van der Waals surface area contributed by atoms with E-state index in [1.807, 2.05) is 0 Å². The van der Waals surface area contributed by atoms with Crippen molar-refractivity contribution in [1.82, 2.24) is 9.80 Å². The van der Waals surface area contributed by atoms with E-state index >= 15 is 0 Å². The number of phenolic OH excluding ortho intramolecular Hbond substituents is 1. The topological polar surface area (TPSA) is 26.7 Å². The molecule has 0 amide bonds. The van der Waals surface area contributed by atoms with Gasteiger partial charge in [-0.05, 0) is 38.2 Å². The number of hydrogen-bond donors (Lipinski definition) is 1. The molecule has 1 atom stereocenters. The summed E-state index contributed by atoms with van der Waals surface area (Å²) in [6.45, 7) is 2.74. The summed E-state index contributed by atoms with van der Waals surface area (Å²) in [6, 6.07) is 4.84. The quantitative estimate of drug-likeness (QED) is 0.867. The molecule has 0 radical (unpaired) electrons. The molecule has 0 aliphatic carbocycles. The number of likely N-dealkylation sites (tertiary alicyclic amines) is 1. The zero-order valence-electron chi connectivity index (χ0n) is 10.4. The number of phenols is 1. The maximum absolute atomic E-state index is 13.1. The predicted molar refractivity (Wildman–Crippen MR) is 65.4 cm³/mol. The number of halogens is 1. The lowest BCUT2D eigenvalue weighted by molar-refractivity contribution is 0.264. The first-order valence-electron chi connectivity index (χ1n) is 5.92. The van der Waals surface area contributed by atoms with Crippen LogP contribution in [0.3, 0.4) is 0 Å². The average Bonchev–Trinajstić information content (AvgIpc) is 2.64. The largest absolute Gasteiger partial charge is 0.508 e. The van der Waals surface area contributed by atoms with Crippen molar-refractivity contribution in [2.24, 2.45) is 0 Å². The third-order valence-corrected chi connectivity index (χ3v) is 3.33. The van der Waals surface area contributed by atoms with Gasteiger partial charge in [0.1, 0.15) is 11.6 Å². The SMILES string of the molecule is CN(C)C1CCN(Cc2cc(O)cc(F)c2)C1. The van der Waals surface area contributed by atoms with Crippen LogP contribution >= 0.6 is 0 Å². The van der Waals surface area contributed by atoms with Gasteiger partial charge in [-0.15, -0.1) is 0 Å². The summed E-state index contributed by atoms with van der Waals surface area (Å²) in [7, 11) is 4.17. The summed E-state index contributed by atoms with van der Waals surface area (Å²) < 4.78 is 13.1. The number of nitrogens with zero attached hydrogens (tertiary/aromatic N) is 2. The molecule has 1 fully saturated rings. The molecule has 1 aromatic rings. The molecule has 0 saturated carbocycles. The van der Waals surface area contributed by atoms with Gasteiger partial charge in [0, 0.05) is 31.7 Å². The Morgan fingerprint density at radius 2 is 2.18 bits per heavy atom. The molecule has 17 heavy (non-hydrogen) atoms. The van der Waals surface area contributed by atoms with Gasteiger partial charge in [0.15, 0.2) is 0 Å². The van der Waals surface area contributed by atoms with E-state index in [9.17, 15) is 9.50 Å². The van der Waals surface area contributed by atoms with Crippen molar-refractivity contribution in [3.05, 3.63) is 29.6 Å². The van der Waals surface area contributed by atoms with E-state index in [2.05, 4.69) is 23.9 Å². The molecule has 1 heterocycles. The van der Waals surface area contributed by atoms with E-state index in [1.54, 1.807) is 6.07 Å². The Morgan fingerprint density at radius 1 is 1.41 bits per heavy atom. The van der Waals surface area contributed by atoms with Crippen molar-refractivity contribution in [1.29, 1.82) is 0 Å². The Hall–Kier alpha value is -1.13. The number of benzene rings is 1. The fourth-order valence-corrected chi connectivity index (χ4v) is 2.36. The van der Waals surface area contributed by atoms with Gasteiger partial charge in [-0.3, -0.25) is 4.90 Å². The summed E-state index contributed by atoms with van der Waals surface area (Å²) in [5, 5.41) is 9.34. The van der Waals surface area contributed by atoms with Gasteiger partial charge in [-0.1, -0.05) is 0 Å². The molecule has 1 aliphatic heterocycles. The average molecular weight is 238 g/mol. The monoisotopic (exact) mass is 238 g/mol.